The number of ketones is 1. The minimum absolute atomic E-state index is 0.0627. The lowest BCUT2D eigenvalue weighted by atomic mass is 9.86. The standard InChI is InChI=1S/C22H27NO11/c24-7-16-17(26)19(28)20(29)22(34-16)33-15-5-12(25)10-1-2-23(21(30)18(15)27)6-9-3-13-14(4-11(9)10)32-8-31-13/h3-4,10,15-20,22,24,26-29H,1-2,5-8H2/t10-,15+,16+,17+,18-,19-,20+,22+/m0/s1. The van der Waals surface area contributed by atoms with Crippen molar-refractivity contribution in [3.63, 3.8) is 0 Å². The number of benzene rings is 1. The van der Waals surface area contributed by atoms with Crippen molar-refractivity contribution in [3.8, 4) is 11.5 Å². The molecule has 8 atom stereocenters. The maximum Gasteiger partial charge on any atom is 0.254 e. The van der Waals surface area contributed by atoms with Gasteiger partial charge in [0, 0.05) is 25.4 Å². The minimum atomic E-state index is -1.74. The molecule has 1 amide bonds. The van der Waals surface area contributed by atoms with Gasteiger partial charge < -0.3 is 49.4 Å². The van der Waals surface area contributed by atoms with Crippen molar-refractivity contribution >= 4 is 11.7 Å². The molecule has 0 unspecified atom stereocenters. The fourth-order valence-electron chi connectivity index (χ4n) is 4.98. The highest BCUT2D eigenvalue weighted by Gasteiger charge is 2.47. The van der Waals surface area contributed by atoms with E-state index in [4.69, 9.17) is 18.9 Å². The molecule has 12 nitrogen and oxygen atoms in total. The quantitative estimate of drug-likeness (QED) is 0.315. The van der Waals surface area contributed by atoms with E-state index in [-0.39, 0.29) is 32.1 Å². The van der Waals surface area contributed by atoms with Crippen molar-refractivity contribution in [2.24, 2.45) is 0 Å². The zero-order valence-corrected chi connectivity index (χ0v) is 18.1. The fraction of sp³-hybridized carbons (Fsp3) is 0.636. The van der Waals surface area contributed by atoms with Crippen molar-refractivity contribution < 1.29 is 54.1 Å². The van der Waals surface area contributed by atoms with Gasteiger partial charge in [-0.2, -0.15) is 0 Å². The summed E-state index contributed by atoms with van der Waals surface area (Å²) in [6.45, 7) is -0.218. The molecule has 2 saturated heterocycles. The summed E-state index contributed by atoms with van der Waals surface area (Å²) in [5.41, 5.74) is 1.45. The predicted octanol–water partition coefficient (Wildman–Crippen LogP) is -2.25. The Labute approximate surface area is 194 Å². The summed E-state index contributed by atoms with van der Waals surface area (Å²) in [6, 6.07) is 3.50. The predicted molar refractivity (Wildman–Crippen MR) is 110 cm³/mol. The number of aliphatic hydroxyl groups excluding tert-OH is 5. The summed E-state index contributed by atoms with van der Waals surface area (Å²) in [5.74, 6) is -0.490. The van der Waals surface area contributed by atoms with E-state index in [0.717, 1.165) is 5.56 Å². The summed E-state index contributed by atoms with van der Waals surface area (Å²) in [6.07, 6.45) is -11.0. The first-order valence-corrected chi connectivity index (χ1v) is 11.2. The maximum absolute atomic E-state index is 13.4. The van der Waals surface area contributed by atoms with Gasteiger partial charge in [0.15, 0.2) is 23.9 Å². The number of amides is 1. The Morgan fingerprint density at radius 3 is 2.50 bits per heavy atom. The van der Waals surface area contributed by atoms with Gasteiger partial charge in [-0.05, 0) is 29.7 Å². The van der Waals surface area contributed by atoms with Gasteiger partial charge in [-0.1, -0.05) is 0 Å². The van der Waals surface area contributed by atoms with Crippen LogP contribution in [0.15, 0.2) is 12.1 Å². The maximum atomic E-state index is 13.4. The van der Waals surface area contributed by atoms with Crippen molar-refractivity contribution in [1.29, 1.82) is 0 Å². The van der Waals surface area contributed by atoms with Crippen LogP contribution in [0.3, 0.4) is 0 Å². The summed E-state index contributed by atoms with van der Waals surface area (Å²) in [7, 11) is 0. The molecular formula is C22H27NO11. The minimum Gasteiger partial charge on any atom is -0.454 e. The largest absolute Gasteiger partial charge is 0.454 e. The molecule has 4 aliphatic heterocycles. The summed E-state index contributed by atoms with van der Waals surface area (Å²) >= 11 is 0. The molecule has 5 N–H and O–H groups in total. The van der Waals surface area contributed by atoms with E-state index in [9.17, 15) is 35.1 Å². The zero-order valence-electron chi connectivity index (χ0n) is 18.1. The van der Waals surface area contributed by atoms with Gasteiger partial charge in [-0.15, -0.1) is 0 Å². The number of rotatable bonds is 3. The molecule has 0 saturated carbocycles. The number of carbonyl (C=O) groups is 2. The molecule has 2 bridgehead atoms. The van der Waals surface area contributed by atoms with Crippen molar-refractivity contribution in [2.75, 3.05) is 19.9 Å². The van der Waals surface area contributed by atoms with Gasteiger partial charge in [0.05, 0.1) is 6.61 Å². The van der Waals surface area contributed by atoms with Gasteiger partial charge in [-0.3, -0.25) is 9.59 Å². The Morgan fingerprint density at radius 2 is 1.76 bits per heavy atom. The summed E-state index contributed by atoms with van der Waals surface area (Å²) in [5, 5.41) is 50.6. The lowest BCUT2D eigenvalue weighted by Crippen LogP contribution is -2.60. The highest BCUT2D eigenvalue weighted by atomic mass is 16.7. The van der Waals surface area contributed by atoms with Crippen LogP contribution in [0.5, 0.6) is 11.5 Å². The molecule has 0 aromatic heterocycles. The van der Waals surface area contributed by atoms with Gasteiger partial charge in [0.1, 0.15) is 36.3 Å². The number of fused-ring (bicyclic) bond motifs is 6. The first-order chi connectivity index (χ1) is 16.3. The molecule has 2 fully saturated rings. The van der Waals surface area contributed by atoms with Crippen LogP contribution in [0, 0.1) is 0 Å². The number of hydrogen-bond donors (Lipinski definition) is 5. The fourth-order valence-corrected chi connectivity index (χ4v) is 4.98. The van der Waals surface area contributed by atoms with Crippen molar-refractivity contribution in [2.45, 2.75) is 68.2 Å². The first-order valence-electron chi connectivity index (χ1n) is 11.2. The second-order valence-electron chi connectivity index (χ2n) is 8.99. The topological polar surface area (TPSA) is 175 Å². The molecule has 1 aromatic rings. The van der Waals surface area contributed by atoms with E-state index in [2.05, 4.69) is 0 Å². The van der Waals surface area contributed by atoms with Crippen LogP contribution < -0.4 is 9.47 Å². The smallest absolute Gasteiger partial charge is 0.254 e. The van der Waals surface area contributed by atoms with Gasteiger partial charge in [0.2, 0.25) is 6.79 Å². The molecule has 186 valence electrons. The molecule has 0 radical (unpaired) electrons. The Kier molecular flexibility index (Phi) is 6.23. The third-order valence-electron chi connectivity index (χ3n) is 6.92. The van der Waals surface area contributed by atoms with E-state index in [1.165, 1.54) is 4.90 Å². The zero-order chi connectivity index (χ0) is 24.1. The van der Waals surface area contributed by atoms with Crippen LogP contribution >= 0.6 is 0 Å². The number of aliphatic hydroxyl groups is 5. The molecule has 0 aliphatic carbocycles. The number of carbonyl (C=O) groups excluding carboxylic acids is 2. The molecule has 12 heteroatoms. The van der Waals surface area contributed by atoms with Crippen molar-refractivity contribution in [1.82, 2.24) is 4.90 Å². The average Bonchev–Trinajstić information content (AvgIpc) is 3.21. The van der Waals surface area contributed by atoms with Crippen LogP contribution in [0.4, 0.5) is 0 Å². The van der Waals surface area contributed by atoms with Crippen LogP contribution in [0.25, 0.3) is 0 Å². The third kappa shape index (κ3) is 3.94. The van der Waals surface area contributed by atoms with Crippen LogP contribution in [-0.4, -0.2) is 105 Å². The Bertz CT molecular complexity index is 968. The van der Waals surface area contributed by atoms with Crippen LogP contribution in [0.2, 0.25) is 0 Å². The van der Waals surface area contributed by atoms with E-state index < -0.39 is 61.3 Å². The van der Waals surface area contributed by atoms with Crippen molar-refractivity contribution in [3.05, 3.63) is 23.3 Å². The summed E-state index contributed by atoms with van der Waals surface area (Å²) < 4.78 is 21.9. The Hall–Kier alpha value is -2.32. The number of ether oxygens (including phenoxy) is 4. The molecule has 5 rings (SSSR count). The number of hydrogen-bond acceptors (Lipinski definition) is 11. The van der Waals surface area contributed by atoms with Crippen LogP contribution in [0.1, 0.15) is 29.9 Å². The lowest BCUT2D eigenvalue weighted by Gasteiger charge is -2.41. The van der Waals surface area contributed by atoms with E-state index in [1.54, 1.807) is 12.1 Å². The highest BCUT2D eigenvalue weighted by Crippen LogP contribution is 2.41. The highest BCUT2D eigenvalue weighted by molar-refractivity contribution is 5.90. The molecule has 4 heterocycles. The second kappa shape index (κ2) is 9.04. The molecule has 34 heavy (non-hydrogen) atoms. The average molecular weight is 481 g/mol. The van der Waals surface area contributed by atoms with Gasteiger partial charge >= 0.3 is 0 Å². The molecular weight excluding hydrogens is 454 g/mol. The molecule has 4 aliphatic rings. The Balaban J connectivity index is 1.44. The SMILES string of the molecule is O=C1C[C@@H](O[C@@H]2O[C@H](CO)[C@@H](O)[C@H](O)[C@H]2O)[C@H](O)C(=O)N2CC[C@H]1c1cc3c(cc1C2)OCO3. The summed E-state index contributed by atoms with van der Waals surface area (Å²) in [4.78, 5) is 28.0. The monoisotopic (exact) mass is 481 g/mol. The third-order valence-corrected chi connectivity index (χ3v) is 6.92. The van der Waals surface area contributed by atoms with Gasteiger partial charge in [0.25, 0.3) is 5.91 Å². The molecule has 0 spiro atoms. The van der Waals surface area contributed by atoms with E-state index in [0.29, 0.717) is 23.5 Å². The second-order valence-corrected chi connectivity index (χ2v) is 8.99. The van der Waals surface area contributed by atoms with E-state index in [1.807, 2.05) is 0 Å². The number of Topliss-reactive ketones (excluding diaryl/α,β-unsaturated/α-hetero) is 1. The van der Waals surface area contributed by atoms with Crippen LogP contribution in [-0.2, 0) is 25.6 Å². The first kappa shape index (κ1) is 23.4. The lowest BCUT2D eigenvalue weighted by molar-refractivity contribution is -0.315. The van der Waals surface area contributed by atoms with Gasteiger partial charge in [-0.25, -0.2) is 0 Å². The Morgan fingerprint density at radius 1 is 1.03 bits per heavy atom. The normalized spacial score (nSPS) is 37.6. The van der Waals surface area contributed by atoms with E-state index >= 15 is 0 Å². The molecule has 1 aromatic carbocycles. The number of nitrogens with zero attached hydrogens (tertiary/aromatic N) is 1.